The number of piperidine rings is 1. The van der Waals surface area contributed by atoms with Gasteiger partial charge in [-0.3, -0.25) is 19.3 Å². The minimum atomic E-state index is -0.520. The first-order valence-corrected chi connectivity index (χ1v) is 10.5. The van der Waals surface area contributed by atoms with Gasteiger partial charge in [0.05, 0.1) is 12.2 Å². The van der Waals surface area contributed by atoms with E-state index in [1.54, 1.807) is 4.90 Å². The van der Waals surface area contributed by atoms with Crippen molar-refractivity contribution in [1.29, 1.82) is 0 Å². The van der Waals surface area contributed by atoms with Gasteiger partial charge < -0.3 is 15.2 Å². The van der Waals surface area contributed by atoms with Gasteiger partial charge in [0.15, 0.2) is 0 Å². The summed E-state index contributed by atoms with van der Waals surface area (Å²) < 4.78 is 0. The van der Waals surface area contributed by atoms with Crippen LogP contribution < -0.4 is 10.9 Å². The zero-order chi connectivity index (χ0) is 21.6. The molecule has 3 heterocycles. The van der Waals surface area contributed by atoms with E-state index in [0.29, 0.717) is 38.2 Å². The summed E-state index contributed by atoms with van der Waals surface area (Å²) >= 11 is 0. The number of H-pyrrole nitrogens is 1. The van der Waals surface area contributed by atoms with Gasteiger partial charge in [0, 0.05) is 29.6 Å². The SMILES string of the molecule is O=C(CN1C(=O)CNC1=O)N1CCC2(CCc3c2nc(-c2ccccc2)[nH]c3=O)CC1. The predicted molar refractivity (Wildman–Crippen MR) is 111 cm³/mol. The summed E-state index contributed by atoms with van der Waals surface area (Å²) in [5.41, 5.74) is 2.17. The molecule has 9 heteroatoms. The lowest BCUT2D eigenvalue weighted by molar-refractivity contribution is -0.137. The summed E-state index contributed by atoms with van der Waals surface area (Å²) in [6, 6.07) is 9.06. The number of aromatic nitrogens is 2. The first-order chi connectivity index (χ1) is 15.0. The first-order valence-electron chi connectivity index (χ1n) is 10.5. The topological polar surface area (TPSA) is 115 Å². The Kier molecular flexibility index (Phi) is 4.60. The maximum atomic E-state index is 12.7. The normalized spacial score (nSPS) is 19.6. The fourth-order valence-corrected chi connectivity index (χ4v) is 4.91. The molecule has 5 rings (SSSR count). The van der Waals surface area contributed by atoms with E-state index >= 15 is 0 Å². The van der Waals surface area contributed by atoms with Crippen LogP contribution in [0.5, 0.6) is 0 Å². The van der Waals surface area contributed by atoms with Gasteiger partial charge in [-0.2, -0.15) is 0 Å². The van der Waals surface area contributed by atoms with E-state index in [-0.39, 0.29) is 35.9 Å². The van der Waals surface area contributed by atoms with Gasteiger partial charge in [-0.05, 0) is 25.7 Å². The number of amides is 4. The largest absolute Gasteiger partial charge is 0.341 e. The first kappa shape index (κ1) is 19.5. The van der Waals surface area contributed by atoms with Gasteiger partial charge in [-0.15, -0.1) is 0 Å². The molecule has 1 aliphatic carbocycles. The number of imide groups is 1. The Morgan fingerprint density at radius 2 is 1.81 bits per heavy atom. The molecule has 31 heavy (non-hydrogen) atoms. The summed E-state index contributed by atoms with van der Waals surface area (Å²) in [6.45, 7) is 0.731. The minimum absolute atomic E-state index is 0.0596. The van der Waals surface area contributed by atoms with Crippen molar-refractivity contribution in [2.75, 3.05) is 26.2 Å². The van der Waals surface area contributed by atoms with Crippen LogP contribution in [0, 0.1) is 0 Å². The molecule has 2 N–H and O–H groups in total. The molecule has 2 aromatic rings. The highest BCUT2D eigenvalue weighted by Crippen LogP contribution is 2.44. The molecular weight excluding hydrogens is 398 g/mol. The molecule has 2 aliphatic heterocycles. The third kappa shape index (κ3) is 3.30. The Morgan fingerprint density at radius 3 is 2.48 bits per heavy atom. The van der Waals surface area contributed by atoms with Crippen molar-refractivity contribution in [2.24, 2.45) is 0 Å². The molecule has 1 aromatic carbocycles. The van der Waals surface area contributed by atoms with Crippen LogP contribution in [0.4, 0.5) is 4.79 Å². The number of carbonyl (C=O) groups is 3. The number of fused-ring (bicyclic) bond motifs is 2. The molecule has 0 unspecified atom stereocenters. The Hall–Kier alpha value is -3.49. The van der Waals surface area contributed by atoms with Crippen molar-refractivity contribution < 1.29 is 14.4 Å². The molecule has 0 atom stereocenters. The molecular formula is C22H23N5O4. The molecule has 4 amide bonds. The highest BCUT2D eigenvalue weighted by molar-refractivity contribution is 6.04. The number of urea groups is 1. The van der Waals surface area contributed by atoms with Gasteiger partial charge in [0.25, 0.3) is 11.5 Å². The van der Waals surface area contributed by atoms with Gasteiger partial charge in [0.1, 0.15) is 12.4 Å². The number of benzene rings is 1. The molecule has 160 valence electrons. The molecule has 9 nitrogen and oxygen atoms in total. The Balaban J connectivity index is 1.34. The molecule has 1 spiro atoms. The number of carbonyl (C=O) groups excluding carboxylic acids is 3. The number of nitrogens with one attached hydrogen (secondary N) is 2. The van der Waals surface area contributed by atoms with Crippen LogP contribution in [-0.2, 0) is 21.4 Å². The molecule has 2 fully saturated rings. The number of hydrogen-bond acceptors (Lipinski definition) is 5. The van der Waals surface area contributed by atoms with E-state index in [2.05, 4.69) is 10.3 Å². The van der Waals surface area contributed by atoms with Crippen molar-refractivity contribution in [3.8, 4) is 11.4 Å². The van der Waals surface area contributed by atoms with Crippen LogP contribution in [0.1, 0.15) is 30.5 Å². The van der Waals surface area contributed by atoms with E-state index in [1.807, 2.05) is 30.3 Å². The summed E-state index contributed by atoms with van der Waals surface area (Å²) in [6.07, 6.45) is 2.93. The van der Waals surface area contributed by atoms with Gasteiger partial charge in [-0.25, -0.2) is 9.78 Å². The monoisotopic (exact) mass is 421 g/mol. The third-order valence-electron chi connectivity index (χ3n) is 6.72. The van der Waals surface area contributed by atoms with E-state index in [9.17, 15) is 19.2 Å². The minimum Gasteiger partial charge on any atom is -0.341 e. The number of nitrogens with zero attached hydrogens (tertiary/aromatic N) is 3. The maximum Gasteiger partial charge on any atom is 0.325 e. The van der Waals surface area contributed by atoms with Crippen molar-refractivity contribution in [3.63, 3.8) is 0 Å². The molecule has 3 aliphatic rings. The molecule has 0 bridgehead atoms. The summed E-state index contributed by atoms with van der Waals surface area (Å²) in [4.78, 5) is 59.3. The fourth-order valence-electron chi connectivity index (χ4n) is 4.91. The highest BCUT2D eigenvalue weighted by atomic mass is 16.2. The zero-order valence-corrected chi connectivity index (χ0v) is 17.0. The quantitative estimate of drug-likeness (QED) is 0.711. The van der Waals surface area contributed by atoms with Crippen molar-refractivity contribution in [3.05, 3.63) is 51.9 Å². The third-order valence-corrected chi connectivity index (χ3v) is 6.72. The van der Waals surface area contributed by atoms with Gasteiger partial charge in [-0.1, -0.05) is 30.3 Å². The number of aromatic amines is 1. The van der Waals surface area contributed by atoms with Gasteiger partial charge >= 0.3 is 6.03 Å². The van der Waals surface area contributed by atoms with E-state index in [4.69, 9.17) is 4.98 Å². The summed E-state index contributed by atoms with van der Waals surface area (Å²) in [7, 11) is 0. The zero-order valence-electron chi connectivity index (χ0n) is 17.0. The lowest BCUT2D eigenvalue weighted by Crippen LogP contribution is -2.49. The van der Waals surface area contributed by atoms with E-state index < -0.39 is 6.03 Å². The van der Waals surface area contributed by atoms with Crippen molar-refractivity contribution in [2.45, 2.75) is 31.1 Å². The Morgan fingerprint density at radius 1 is 1.06 bits per heavy atom. The Labute approximate surface area is 178 Å². The van der Waals surface area contributed by atoms with Crippen LogP contribution >= 0.6 is 0 Å². The average Bonchev–Trinajstić information content (AvgIpc) is 3.30. The molecule has 0 saturated carbocycles. The van der Waals surface area contributed by atoms with Crippen molar-refractivity contribution in [1.82, 2.24) is 25.1 Å². The summed E-state index contributed by atoms with van der Waals surface area (Å²) in [5.74, 6) is -0.0431. The number of hydrogen-bond donors (Lipinski definition) is 2. The second-order valence-corrected chi connectivity index (χ2v) is 8.41. The predicted octanol–water partition coefficient (Wildman–Crippen LogP) is 0.795. The highest BCUT2D eigenvalue weighted by Gasteiger charge is 2.45. The van der Waals surface area contributed by atoms with Crippen LogP contribution in [0.2, 0.25) is 0 Å². The average molecular weight is 421 g/mol. The van der Waals surface area contributed by atoms with Gasteiger partial charge in [0.2, 0.25) is 5.91 Å². The Bertz CT molecular complexity index is 1100. The lowest BCUT2D eigenvalue weighted by atomic mass is 9.76. The van der Waals surface area contributed by atoms with Crippen LogP contribution in [0.25, 0.3) is 11.4 Å². The molecule has 1 aromatic heterocycles. The molecule has 0 radical (unpaired) electrons. The maximum absolute atomic E-state index is 12.7. The smallest absolute Gasteiger partial charge is 0.325 e. The standard InChI is InChI=1S/C22H23N5O4/c28-16-12-23-21(31)27(16)13-17(29)26-10-8-22(9-11-26)7-6-15-18(22)24-19(25-20(15)30)14-4-2-1-3-5-14/h1-5H,6-13H2,(H,23,31)(H,24,25,30). The van der Waals surface area contributed by atoms with Crippen LogP contribution in [-0.4, -0.2) is 63.8 Å². The summed E-state index contributed by atoms with van der Waals surface area (Å²) in [5, 5.41) is 2.43. The second kappa shape index (κ2) is 7.33. The number of rotatable bonds is 3. The number of likely N-dealkylation sites (tertiary alicyclic amines) is 1. The molecule has 2 saturated heterocycles. The lowest BCUT2D eigenvalue weighted by Gasteiger charge is -2.39. The fraction of sp³-hybridized carbons (Fsp3) is 0.409. The van der Waals surface area contributed by atoms with Crippen LogP contribution in [0.15, 0.2) is 35.1 Å². The van der Waals surface area contributed by atoms with Crippen molar-refractivity contribution >= 4 is 17.8 Å². The van der Waals surface area contributed by atoms with E-state index in [1.165, 1.54) is 0 Å². The van der Waals surface area contributed by atoms with Crippen LogP contribution in [0.3, 0.4) is 0 Å². The second-order valence-electron chi connectivity index (χ2n) is 8.41. The van der Waals surface area contributed by atoms with E-state index in [0.717, 1.165) is 28.1 Å².